The van der Waals surface area contributed by atoms with Gasteiger partial charge in [-0.3, -0.25) is 9.59 Å². The largest absolute Gasteiger partial charge is 1.00 e. The average Bonchev–Trinajstić information content (AvgIpc) is 2.54. The van der Waals surface area contributed by atoms with Gasteiger partial charge < -0.3 is 27.5 Å². The lowest BCUT2D eigenvalue weighted by Crippen LogP contribution is -3.00. The zero-order chi connectivity index (χ0) is 15.2. The molecule has 2 rings (SSSR count). The molecule has 116 valence electrons. The number of benzene rings is 1. The van der Waals surface area contributed by atoms with E-state index in [9.17, 15) is 9.59 Å². The lowest BCUT2D eigenvalue weighted by molar-refractivity contribution is -0.683. The summed E-state index contributed by atoms with van der Waals surface area (Å²) in [7, 11) is 1.56. The summed E-state index contributed by atoms with van der Waals surface area (Å²) in [5.74, 6) is 0.493. The normalized spacial score (nSPS) is 9.73. The Kier molecular flexibility index (Phi) is 6.88. The molecule has 1 heterocycles. The topological polar surface area (TPSA) is 73.3 Å². The van der Waals surface area contributed by atoms with Gasteiger partial charge in [0.2, 0.25) is 12.3 Å². The molecule has 2 aromatic rings. The Balaban J connectivity index is 0.00000242. The number of aromatic nitrogens is 1. The van der Waals surface area contributed by atoms with Crippen molar-refractivity contribution < 1.29 is 35.9 Å². The third-order valence-corrected chi connectivity index (χ3v) is 3.12. The van der Waals surface area contributed by atoms with Gasteiger partial charge in [0.1, 0.15) is 5.75 Å². The van der Waals surface area contributed by atoms with Gasteiger partial charge in [0, 0.05) is 23.3 Å². The number of hydrogen-bond acceptors (Lipinski definition) is 4. The minimum Gasteiger partial charge on any atom is -1.00 e. The van der Waals surface area contributed by atoms with Crippen LogP contribution in [-0.2, 0) is 6.54 Å². The van der Waals surface area contributed by atoms with E-state index in [-0.39, 0.29) is 41.6 Å². The van der Waals surface area contributed by atoms with Gasteiger partial charge in [0.05, 0.1) is 13.7 Å². The van der Waals surface area contributed by atoms with Gasteiger partial charge in [0.15, 0.2) is 18.2 Å². The Hall–Kier alpha value is -2.05. The highest BCUT2D eigenvalue weighted by atomic mass is 79.9. The van der Waals surface area contributed by atoms with E-state index in [4.69, 9.17) is 10.5 Å². The lowest BCUT2D eigenvalue weighted by Gasteiger charge is -2.02. The summed E-state index contributed by atoms with van der Waals surface area (Å²) in [6.45, 7) is 0.178. The average molecular weight is 365 g/mol. The molecule has 0 atom stereocenters. The standard InChI is InChI=1S/C16H17N2O3.BrH/c1-21-14-4-2-3-13(9-14)16(20)11-18-7-5-12(6-8-18)15(19)10-17;/h2-9H,10-11,17H2,1H3;1H/q+1;/p-1. The zero-order valence-corrected chi connectivity index (χ0v) is 13.7. The number of hydrogen-bond donors (Lipinski definition) is 1. The van der Waals surface area contributed by atoms with E-state index in [1.807, 2.05) is 0 Å². The van der Waals surface area contributed by atoms with Crippen LogP contribution in [0, 0.1) is 0 Å². The molecule has 0 saturated carbocycles. The molecule has 1 aromatic carbocycles. The number of rotatable bonds is 6. The van der Waals surface area contributed by atoms with Crippen molar-refractivity contribution in [2.75, 3.05) is 13.7 Å². The molecule has 22 heavy (non-hydrogen) atoms. The molecule has 6 heteroatoms. The van der Waals surface area contributed by atoms with Crippen LogP contribution >= 0.6 is 0 Å². The van der Waals surface area contributed by atoms with Crippen molar-refractivity contribution in [2.24, 2.45) is 5.73 Å². The highest BCUT2D eigenvalue weighted by Gasteiger charge is 2.13. The number of nitrogens with zero attached hydrogens (tertiary/aromatic N) is 1. The molecular formula is C16H17BrN2O3. The van der Waals surface area contributed by atoms with Crippen LogP contribution in [0.2, 0.25) is 0 Å². The van der Waals surface area contributed by atoms with E-state index in [2.05, 4.69) is 0 Å². The van der Waals surface area contributed by atoms with Gasteiger partial charge in [0.25, 0.3) is 0 Å². The van der Waals surface area contributed by atoms with Gasteiger partial charge in [-0.05, 0) is 12.1 Å². The van der Waals surface area contributed by atoms with Crippen LogP contribution in [0.25, 0.3) is 0 Å². The second kappa shape index (κ2) is 8.41. The van der Waals surface area contributed by atoms with Crippen molar-refractivity contribution in [3.63, 3.8) is 0 Å². The number of carbonyl (C=O) groups excluding carboxylic acids is 2. The Morgan fingerprint density at radius 1 is 1.09 bits per heavy atom. The minimum atomic E-state index is -0.124. The van der Waals surface area contributed by atoms with Crippen molar-refractivity contribution in [3.8, 4) is 5.75 Å². The number of methoxy groups -OCH3 is 1. The molecule has 1 aromatic heterocycles. The fourth-order valence-electron chi connectivity index (χ4n) is 1.92. The van der Waals surface area contributed by atoms with E-state index in [0.717, 1.165) is 0 Å². The van der Waals surface area contributed by atoms with Crippen molar-refractivity contribution in [2.45, 2.75) is 6.54 Å². The number of pyridine rings is 1. The van der Waals surface area contributed by atoms with Crippen LogP contribution < -0.4 is 32.0 Å². The fourth-order valence-corrected chi connectivity index (χ4v) is 1.92. The van der Waals surface area contributed by atoms with Crippen molar-refractivity contribution in [1.29, 1.82) is 0 Å². The third-order valence-electron chi connectivity index (χ3n) is 3.12. The number of nitrogens with two attached hydrogens (primary N) is 1. The Labute approximate surface area is 139 Å². The van der Waals surface area contributed by atoms with E-state index < -0.39 is 0 Å². The summed E-state index contributed by atoms with van der Waals surface area (Å²) >= 11 is 0. The van der Waals surface area contributed by atoms with Gasteiger partial charge in [-0.2, -0.15) is 4.57 Å². The summed E-state index contributed by atoms with van der Waals surface area (Å²) in [5, 5.41) is 0. The fraction of sp³-hybridized carbons (Fsp3) is 0.188. The number of Topliss-reactive ketones (excluding diaryl/α,β-unsaturated/α-hetero) is 2. The van der Waals surface area contributed by atoms with Crippen LogP contribution in [0.1, 0.15) is 20.7 Å². The SMILES string of the molecule is COc1cccc(C(=O)C[n+]2ccc(C(=O)CN)cc2)c1.[Br-]. The summed E-state index contributed by atoms with van der Waals surface area (Å²) in [6, 6.07) is 10.3. The molecule has 0 spiro atoms. The molecular weight excluding hydrogens is 348 g/mol. The molecule has 2 N–H and O–H groups in total. The molecule has 0 aliphatic rings. The molecule has 0 bridgehead atoms. The quantitative estimate of drug-likeness (QED) is 0.475. The van der Waals surface area contributed by atoms with E-state index >= 15 is 0 Å². The first-order valence-corrected chi connectivity index (χ1v) is 6.53. The van der Waals surface area contributed by atoms with Crippen LogP contribution in [0.3, 0.4) is 0 Å². The first-order valence-electron chi connectivity index (χ1n) is 6.53. The monoisotopic (exact) mass is 364 g/mol. The van der Waals surface area contributed by atoms with Gasteiger partial charge in [-0.15, -0.1) is 0 Å². The maximum atomic E-state index is 12.2. The molecule has 0 aliphatic carbocycles. The molecule has 0 amide bonds. The highest BCUT2D eigenvalue weighted by Crippen LogP contribution is 2.12. The van der Waals surface area contributed by atoms with Crippen molar-refractivity contribution in [3.05, 3.63) is 59.9 Å². The Morgan fingerprint density at radius 2 is 1.77 bits per heavy atom. The smallest absolute Gasteiger partial charge is 0.227 e. The Bertz CT molecular complexity index is 657. The third kappa shape index (κ3) is 4.47. The Morgan fingerprint density at radius 3 is 2.36 bits per heavy atom. The summed E-state index contributed by atoms with van der Waals surface area (Å²) in [6.07, 6.45) is 3.39. The van der Waals surface area contributed by atoms with Crippen LogP contribution in [0.5, 0.6) is 5.75 Å². The van der Waals surface area contributed by atoms with E-state index in [0.29, 0.717) is 16.9 Å². The first-order chi connectivity index (χ1) is 10.1. The van der Waals surface area contributed by atoms with Crippen LogP contribution in [0.15, 0.2) is 48.8 Å². The molecule has 0 saturated heterocycles. The van der Waals surface area contributed by atoms with Crippen LogP contribution in [0.4, 0.5) is 0 Å². The second-order valence-corrected chi connectivity index (χ2v) is 4.54. The second-order valence-electron chi connectivity index (χ2n) is 4.54. The molecule has 0 fully saturated rings. The van der Waals surface area contributed by atoms with Gasteiger partial charge in [-0.25, -0.2) is 0 Å². The first kappa shape index (κ1) is 18.0. The molecule has 0 radical (unpaired) electrons. The van der Waals surface area contributed by atoms with E-state index in [1.54, 1.807) is 60.5 Å². The zero-order valence-electron chi connectivity index (χ0n) is 12.2. The van der Waals surface area contributed by atoms with Gasteiger partial charge >= 0.3 is 0 Å². The minimum absolute atomic E-state index is 0. The summed E-state index contributed by atoms with van der Waals surface area (Å²) in [4.78, 5) is 23.6. The highest BCUT2D eigenvalue weighted by molar-refractivity contribution is 5.97. The summed E-state index contributed by atoms with van der Waals surface area (Å²) in [5.41, 5.74) is 6.43. The summed E-state index contributed by atoms with van der Waals surface area (Å²) < 4.78 is 6.82. The van der Waals surface area contributed by atoms with E-state index in [1.165, 1.54) is 0 Å². The molecule has 0 unspecified atom stereocenters. The predicted molar refractivity (Wildman–Crippen MR) is 77.3 cm³/mol. The predicted octanol–water partition coefficient (Wildman–Crippen LogP) is -1.99. The van der Waals surface area contributed by atoms with Crippen LogP contribution in [-0.4, -0.2) is 25.2 Å². The number of halogens is 1. The van der Waals surface area contributed by atoms with Crippen molar-refractivity contribution in [1.82, 2.24) is 0 Å². The lowest BCUT2D eigenvalue weighted by atomic mass is 10.1. The maximum absolute atomic E-state index is 12.2. The number of ether oxygens (including phenoxy) is 1. The molecule has 0 aliphatic heterocycles. The van der Waals surface area contributed by atoms with Gasteiger partial charge in [-0.1, -0.05) is 12.1 Å². The molecule has 5 nitrogen and oxygen atoms in total. The number of ketones is 2. The maximum Gasteiger partial charge on any atom is 0.227 e. The number of carbonyl (C=O) groups is 2. The van der Waals surface area contributed by atoms with Crippen molar-refractivity contribution >= 4 is 11.6 Å².